The van der Waals surface area contributed by atoms with Gasteiger partial charge < -0.3 is 14.0 Å². The van der Waals surface area contributed by atoms with Gasteiger partial charge in [-0.05, 0) is 64.8 Å². The second-order valence-electron chi connectivity index (χ2n) is 5.54. The number of ether oxygens (including phenoxy) is 2. The monoisotopic (exact) mass is 433 g/mol. The van der Waals surface area contributed by atoms with Crippen molar-refractivity contribution < 1.29 is 9.47 Å². The number of aromatic nitrogens is 3. The van der Waals surface area contributed by atoms with E-state index >= 15 is 0 Å². The van der Waals surface area contributed by atoms with Gasteiger partial charge in [-0.15, -0.1) is 10.2 Å². The van der Waals surface area contributed by atoms with Crippen molar-refractivity contribution in [1.82, 2.24) is 14.8 Å². The average molecular weight is 434 g/mol. The number of hydrogen-bond acceptors (Lipinski definition) is 5. The highest BCUT2D eigenvalue weighted by Gasteiger charge is 2.13. The van der Waals surface area contributed by atoms with Crippen LogP contribution in [0, 0.1) is 0 Å². The van der Waals surface area contributed by atoms with Gasteiger partial charge >= 0.3 is 0 Å². The standard InChI is InChI=1S/C19H20BrN3O2S/c1-4-23-18(14-6-8-15(24-2)9-7-14)21-22-19(23)26-12-13-5-10-17(25-3)16(20)11-13/h5-11H,4,12H2,1-3H3. The summed E-state index contributed by atoms with van der Waals surface area (Å²) < 4.78 is 13.6. The van der Waals surface area contributed by atoms with Crippen molar-refractivity contribution in [2.75, 3.05) is 14.2 Å². The molecule has 0 aliphatic heterocycles. The lowest BCUT2D eigenvalue weighted by Gasteiger charge is -2.09. The van der Waals surface area contributed by atoms with Crippen molar-refractivity contribution in [3.05, 3.63) is 52.5 Å². The van der Waals surface area contributed by atoms with Crippen molar-refractivity contribution >= 4 is 27.7 Å². The summed E-state index contributed by atoms with van der Waals surface area (Å²) in [6.45, 7) is 2.91. The van der Waals surface area contributed by atoms with Crippen molar-refractivity contribution in [3.8, 4) is 22.9 Å². The molecule has 0 unspecified atom stereocenters. The van der Waals surface area contributed by atoms with Gasteiger partial charge in [-0.3, -0.25) is 0 Å². The van der Waals surface area contributed by atoms with Gasteiger partial charge in [0, 0.05) is 17.9 Å². The molecule has 3 aromatic rings. The Morgan fingerprint density at radius 2 is 1.81 bits per heavy atom. The Balaban J connectivity index is 1.78. The molecule has 0 radical (unpaired) electrons. The molecule has 7 heteroatoms. The number of nitrogens with zero attached hydrogens (tertiary/aromatic N) is 3. The summed E-state index contributed by atoms with van der Waals surface area (Å²) in [4.78, 5) is 0. The quantitative estimate of drug-likeness (QED) is 0.488. The summed E-state index contributed by atoms with van der Waals surface area (Å²) in [7, 11) is 3.33. The Morgan fingerprint density at radius 1 is 1.04 bits per heavy atom. The van der Waals surface area contributed by atoms with Gasteiger partial charge in [0.1, 0.15) is 11.5 Å². The molecule has 0 atom stereocenters. The van der Waals surface area contributed by atoms with Crippen molar-refractivity contribution in [1.29, 1.82) is 0 Å². The number of benzene rings is 2. The Labute approximate surface area is 165 Å². The Morgan fingerprint density at radius 3 is 2.42 bits per heavy atom. The van der Waals surface area contributed by atoms with E-state index in [2.05, 4.69) is 49.8 Å². The average Bonchev–Trinajstić information content (AvgIpc) is 3.09. The number of rotatable bonds is 7. The van der Waals surface area contributed by atoms with Crippen LogP contribution in [-0.4, -0.2) is 29.0 Å². The van der Waals surface area contributed by atoms with E-state index in [1.54, 1.807) is 26.0 Å². The van der Waals surface area contributed by atoms with Crippen LogP contribution in [0.25, 0.3) is 11.4 Å². The first-order valence-electron chi connectivity index (χ1n) is 8.19. The fourth-order valence-corrected chi connectivity index (χ4v) is 4.12. The van der Waals surface area contributed by atoms with Crippen LogP contribution in [0.2, 0.25) is 0 Å². The highest BCUT2D eigenvalue weighted by atomic mass is 79.9. The van der Waals surface area contributed by atoms with Crippen molar-refractivity contribution in [2.24, 2.45) is 0 Å². The Hall–Kier alpha value is -1.99. The zero-order valence-corrected chi connectivity index (χ0v) is 17.3. The van der Waals surface area contributed by atoms with E-state index in [1.807, 2.05) is 30.3 Å². The second kappa shape index (κ2) is 8.60. The molecule has 1 aromatic heterocycles. The van der Waals surface area contributed by atoms with Gasteiger partial charge in [0.25, 0.3) is 0 Å². The van der Waals surface area contributed by atoms with Crippen LogP contribution in [-0.2, 0) is 12.3 Å². The van der Waals surface area contributed by atoms with E-state index in [0.717, 1.165) is 44.8 Å². The third-order valence-corrected chi connectivity index (χ3v) is 5.62. The largest absolute Gasteiger partial charge is 0.497 e. The van der Waals surface area contributed by atoms with E-state index in [9.17, 15) is 0 Å². The molecule has 5 nitrogen and oxygen atoms in total. The number of methoxy groups -OCH3 is 2. The summed E-state index contributed by atoms with van der Waals surface area (Å²) in [6, 6.07) is 14.0. The molecule has 136 valence electrons. The lowest BCUT2D eigenvalue weighted by molar-refractivity contribution is 0.412. The fraction of sp³-hybridized carbons (Fsp3) is 0.263. The van der Waals surface area contributed by atoms with E-state index < -0.39 is 0 Å². The van der Waals surface area contributed by atoms with Crippen LogP contribution < -0.4 is 9.47 Å². The normalized spacial score (nSPS) is 10.8. The maximum Gasteiger partial charge on any atom is 0.191 e. The highest BCUT2D eigenvalue weighted by Crippen LogP contribution is 2.30. The second-order valence-corrected chi connectivity index (χ2v) is 7.33. The summed E-state index contributed by atoms with van der Waals surface area (Å²) in [5, 5.41) is 9.69. The summed E-state index contributed by atoms with van der Waals surface area (Å²) in [5.41, 5.74) is 2.22. The fourth-order valence-electron chi connectivity index (χ4n) is 2.58. The lowest BCUT2D eigenvalue weighted by atomic mass is 10.2. The van der Waals surface area contributed by atoms with E-state index in [0.29, 0.717) is 0 Å². The molecule has 0 fully saturated rings. The van der Waals surface area contributed by atoms with Crippen LogP contribution >= 0.6 is 27.7 Å². The minimum Gasteiger partial charge on any atom is -0.497 e. The third kappa shape index (κ3) is 4.04. The molecule has 0 aliphatic rings. The molecule has 26 heavy (non-hydrogen) atoms. The van der Waals surface area contributed by atoms with Crippen LogP contribution in [0.1, 0.15) is 12.5 Å². The molecular weight excluding hydrogens is 414 g/mol. The molecule has 1 heterocycles. The van der Waals surface area contributed by atoms with Gasteiger partial charge in [-0.2, -0.15) is 0 Å². The minimum atomic E-state index is 0.809. The molecule has 3 rings (SSSR count). The Bertz CT molecular complexity index is 881. The highest BCUT2D eigenvalue weighted by molar-refractivity contribution is 9.10. The topological polar surface area (TPSA) is 49.2 Å². The van der Waals surface area contributed by atoms with Crippen molar-refractivity contribution in [3.63, 3.8) is 0 Å². The van der Waals surface area contributed by atoms with Gasteiger partial charge in [0.2, 0.25) is 0 Å². The van der Waals surface area contributed by atoms with Gasteiger partial charge in [0.15, 0.2) is 11.0 Å². The molecule has 0 saturated carbocycles. The SMILES string of the molecule is CCn1c(SCc2ccc(OC)c(Br)c2)nnc1-c1ccc(OC)cc1. The molecule has 2 aromatic carbocycles. The number of thioether (sulfide) groups is 1. The molecule has 0 amide bonds. The first kappa shape index (κ1) is 18.8. The van der Waals surface area contributed by atoms with Gasteiger partial charge in [0.05, 0.1) is 18.7 Å². The molecule has 0 aliphatic carbocycles. The Kier molecular flexibility index (Phi) is 6.21. The first-order chi connectivity index (χ1) is 12.7. The minimum absolute atomic E-state index is 0.809. The molecule has 0 spiro atoms. The predicted octanol–water partition coefficient (Wildman–Crippen LogP) is 5.04. The smallest absolute Gasteiger partial charge is 0.191 e. The first-order valence-corrected chi connectivity index (χ1v) is 9.97. The molecule has 0 saturated heterocycles. The maximum absolute atomic E-state index is 5.28. The van der Waals surface area contributed by atoms with Crippen LogP contribution in [0.15, 0.2) is 52.1 Å². The maximum atomic E-state index is 5.28. The third-order valence-electron chi connectivity index (χ3n) is 3.97. The summed E-state index contributed by atoms with van der Waals surface area (Å²) in [6.07, 6.45) is 0. The molecule has 0 bridgehead atoms. The number of halogens is 1. The summed E-state index contributed by atoms with van der Waals surface area (Å²) in [5.74, 6) is 3.34. The van der Waals surface area contributed by atoms with E-state index in [4.69, 9.17) is 9.47 Å². The van der Waals surface area contributed by atoms with Crippen LogP contribution in [0.5, 0.6) is 11.5 Å². The van der Waals surface area contributed by atoms with Gasteiger partial charge in [-0.1, -0.05) is 17.8 Å². The predicted molar refractivity (Wildman–Crippen MR) is 108 cm³/mol. The zero-order chi connectivity index (χ0) is 18.5. The number of hydrogen-bond donors (Lipinski definition) is 0. The van der Waals surface area contributed by atoms with Crippen LogP contribution in [0.4, 0.5) is 0 Å². The lowest BCUT2D eigenvalue weighted by Crippen LogP contribution is -2.00. The van der Waals surface area contributed by atoms with E-state index in [-0.39, 0.29) is 0 Å². The van der Waals surface area contributed by atoms with Gasteiger partial charge in [-0.25, -0.2) is 0 Å². The van der Waals surface area contributed by atoms with Crippen LogP contribution in [0.3, 0.4) is 0 Å². The van der Waals surface area contributed by atoms with Crippen molar-refractivity contribution in [2.45, 2.75) is 24.4 Å². The molecular formula is C19H20BrN3O2S. The molecule has 0 N–H and O–H groups in total. The van der Waals surface area contributed by atoms with E-state index in [1.165, 1.54) is 5.56 Å². The zero-order valence-electron chi connectivity index (χ0n) is 14.9. The summed E-state index contributed by atoms with van der Waals surface area (Å²) >= 11 is 5.20.